The maximum absolute atomic E-state index is 10.7. The van der Waals surface area contributed by atoms with Crippen molar-refractivity contribution in [1.82, 2.24) is 9.80 Å². The molecule has 4 N–H and O–H groups in total. The van der Waals surface area contributed by atoms with Gasteiger partial charge in [0.25, 0.3) is 0 Å². The molecule has 2 atom stereocenters. The molecule has 0 bridgehead atoms. The molecule has 0 radical (unpaired) electrons. The van der Waals surface area contributed by atoms with Gasteiger partial charge in [0.15, 0.2) is 16.6 Å². The molecule has 0 aliphatic carbocycles. The minimum Gasteiger partial charge on any atom is -0.480 e. The Morgan fingerprint density at radius 1 is 0.692 bits per heavy atom. The molecule has 232 valence electrons. The Hall–Kier alpha value is -0.729. The number of likely N-dealkylation sites (N-methyl/N-ethyl adjacent to an activating group) is 2. The van der Waals surface area contributed by atoms with E-state index in [4.69, 9.17) is 27.9 Å². The van der Waals surface area contributed by atoms with Gasteiger partial charge in [-0.1, -0.05) is 0 Å². The molecule has 0 saturated carbocycles. The maximum Gasteiger partial charge on any atom is 0.317 e. The van der Waals surface area contributed by atoms with E-state index in [1.165, 1.54) is 0 Å². The van der Waals surface area contributed by atoms with Crippen molar-refractivity contribution >= 4 is 37.1 Å². The molecular weight excluding hydrogens is 561 g/mol. The van der Waals surface area contributed by atoms with E-state index in [2.05, 4.69) is 39.3 Å². The Kier molecular flexibility index (Phi) is 18.3. The molecule has 0 fully saturated rings. The van der Waals surface area contributed by atoms with E-state index in [-0.39, 0.29) is 39.4 Å². The zero-order valence-corrected chi connectivity index (χ0v) is 28.3. The van der Waals surface area contributed by atoms with Crippen molar-refractivity contribution in [3.8, 4) is 0 Å². The van der Waals surface area contributed by atoms with Gasteiger partial charge < -0.3 is 38.1 Å². The van der Waals surface area contributed by atoms with Crippen LogP contribution in [-0.2, 0) is 27.3 Å². The van der Waals surface area contributed by atoms with Crippen molar-refractivity contribution in [3.05, 3.63) is 0 Å². The fourth-order valence-corrected chi connectivity index (χ4v) is 18.5. The van der Waals surface area contributed by atoms with Crippen molar-refractivity contribution in [3.63, 3.8) is 0 Å². The van der Waals surface area contributed by atoms with Gasteiger partial charge in [-0.05, 0) is 78.3 Å². The first-order chi connectivity index (χ1) is 17.8. The number of aliphatic hydroxyl groups is 2. The van der Waals surface area contributed by atoms with Crippen LogP contribution in [0.15, 0.2) is 0 Å². The number of aliphatic carboxylic acids is 2. The molecule has 15 heteroatoms. The van der Waals surface area contributed by atoms with Gasteiger partial charge in [-0.25, -0.2) is 0 Å². The minimum atomic E-state index is -2.36. The average molecular weight is 615 g/mol. The van der Waals surface area contributed by atoms with Gasteiger partial charge in [0.2, 0.25) is 0 Å². The lowest BCUT2D eigenvalue weighted by atomic mass is 10.3. The number of ether oxygens (including phenoxy) is 2. The number of rotatable bonds is 24. The zero-order chi connectivity index (χ0) is 30.3. The van der Waals surface area contributed by atoms with Crippen LogP contribution >= 0.6 is 0 Å². The number of carboxylic acid groups (broad SMARTS) is 2. The minimum absolute atomic E-state index is 0.122. The van der Waals surface area contributed by atoms with Crippen LogP contribution in [0.25, 0.3) is 0 Å². The summed E-state index contributed by atoms with van der Waals surface area (Å²) >= 11 is 0. The molecule has 0 aromatic rings. The van der Waals surface area contributed by atoms with Crippen molar-refractivity contribution in [2.45, 2.75) is 76.4 Å². The van der Waals surface area contributed by atoms with Gasteiger partial charge in [0, 0.05) is 26.3 Å². The average Bonchev–Trinajstić information content (AvgIpc) is 2.69. The Bertz CT molecular complexity index is 660. The number of hydrogen-bond donors (Lipinski definition) is 4. The number of nitrogens with zero attached hydrogens (tertiary/aromatic N) is 2. The zero-order valence-electron chi connectivity index (χ0n) is 25.3. The summed E-state index contributed by atoms with van der Waals surface area (Å²) in [6, 6.07) is 1.81. The Morgan fingerprint density at radius 2 is 1.03 bits per heavy atom. The second-order valence-electron chi connectivity index (χ2n) is 12.0. The summed E-state index contributed by atoms with van der Waals surface area (Å²) < 4.78 is 24.4. The predicted octanol–water partition coefficient (Wildman–Crippen LogP) is 1.70. The van der Waals surface area contributed by atoms with E-state index >= 15 is 0 Å². The van der Waals surface area contributed by atoms with E-state index < -0.39 is 49.3 Å². The number of carbonyl (C=O) groups is 2. The molecule has 0 saturated heterocycles. The molecular formula is C24H54N2O10Si3. The first-order valence-electron chi connectivity index (χ1n) is 13.5. The Morgan fingerprint density at radius 3 is 1.33 bits per heavy atom. The summed E-state index contributed by atoms with van der Waals surface area (Å²) in [6.45, 7) is 14.5. The van der Waals surface area contributed by atoms with Gasteiger partial charge in [-0.2, -0.15) is 0 Å². The maximum atomic E-state index is 10.7. The molecule has 0 rings (SSSR count). The SMILES string of the molecule is CN(CC(=O)O)CC(O)COCCC[Si](C)(C)O[Si](C)(C)O[Si](C)(C)CCCOCC(O)CN(C)CC(=O)O. The standard InChI is InChI=1S/C24H54N2O10Si3/c1-25(17-23(29)30)15-21(27)19-33-11-9-13-37(3,4)35-39(7,8)36-38(5,6)14-10-12-34-20-22(28)16-26(2)18-24(31)32/h21-22,27-28H,9-20H2,1-8H3,(H,29,30)(H,31,32). The monoisotopic (exact) mass is 614 g/mol. The van der Waals surface area contributed by atoms with E-state index in [1.54, 1.807) is 23.9 Å². The first kappa shape index (κ1) is 38.3. The number of aliphatic hydroxyl groups excluding tert-OH is 2. The van der Waals surface area contributed by atoms with Crippen LogP contribution < -0.4 is 0 Å². The highest BCUT2D eigenvalue weighted by atomic mass is 28.5. The molecule has 0 aromatic carbocycles. The Balaban J connectivity index is 4.26. The smallest absolute Gasteiger partial charge is 0.317 e. The van der Waals surface area contributed by atoms with Gasteiger partial charge in [-0.15, -0.1) is 0 Å². The highest BCUT2D eigenvalue weighted by Crippen LogP contribution is 2.26. The molecule has 0 aliphatic heterocycles. The van der Waals surface area contributed by atoms with Gasteiger partial charge in [-0.3, -0.25) is 19.4 Å². The number of carboxylic acids is 2. The van der Waals surface area contributed by atoms with E-state index in [1.807, 2.05) is 0 Å². The van der Waals surface area contributed by atoms with Crippen LogP contribution in [0.3, 0.4) is 0 Å². The molecule has 39 heavy (non-hydrogen) atoms. The quantitative estimate of drug-likeness (QED) is 0.0922. The highest BCUT2D eigenvalue weighted by molar-refractivity contribution is 6.87. The van der Waals surface area contributed by atoms with Crippen LogP contribution in [0.4, 0.5) is 0 Å². The van der Waals surface area contributed by atoms with Crippen molar-refractivity contribution < 1.29 is 47.7 Å². The molecule has 0 amide bonds. The third kappa shape index (κ3) is 22.6. The second kappa shape index (κ2) is 18.7. The fraction of sp³-hybridized carbons (Fsp3) is 0.917. The van der Waals surface area contributed by atoms with E-state index in [0.29, 0.717) is 13.2 Å². The molecule has 12 nitrogen and oxygen atoms in total. The summed E-state index contributed by atoms with van der Waals surface area (Å²) in [5, 5.41) is 37.6. The largest absolute Gasteiger partial charge is 0.480 e. The normalized spacial score (nSPS) is 14.7. The van der Waals surface area contributed by atoms with Gasteiger partial charge in [0.1, 0.15) is 0 Å². The first-order valence-corrected chi connectivity index (χ1v) is 22.6. The highest BCUT2D eigenvalue weighted by Gasteiger charge is 2.39. The van der Waals surface area contributed by atoms with E-state index in [0.717, 1.165) is 24.9 Å². The van der Waals surface area contributed by atoms with Crippen LogP contribution in [-0.4, -0.2) is 146 Å². The Labute approximate surface area is 237 Å². The van der Waals surface area contributed by atoms with Crippen molar-refractivity contribution in [1.29, 1.82) is 0 Å². The lowest BCUT2D eigenvalue weighted by Crippen LogP contribution is -2.52. The van der Waals surface area contributed by atoms with E-state index in [9.17, 15) is 19.8 Å². The lowest BCUT2D eigenvalue weighted by Gasteiger charge is -2.38. The van der Waals surface area contributed by atoms with Crippen LogP contribution in [0.5, 0.6) is 0 Å². The summed E-state index contributed by atoms with van der Waals surface area (Å²) in [6.07, 6.45) is 0.169. The van der Waals surface area contributed by atoms with Gasteiger partial charge in [0.05, 0.1) is 38.5 Å². The van der Waals surface area contributed by atoms with Crippen LogP contribution in [0, 0.1) is 0 Å². The van der Waals surface area contributed by atoms with Crippen LogP contribution in [0.2, 0.25) is 51.4 Å². The summed E-state index contributed by atoms with van der Waals surface area (Å²) in [5.74, 6) is -1.86. The molecule has 0 aromatic heterocycles. The lowest BCUT2D eigenvalue weighted by molar-refractivity contribution is -0.139. The molecule has 0 aliphatic rings. The third-order valence-electron chi connectivity index (χ3n) is 5.65. The van der Waals surface area contributed by atoms with Crippen molar-refractivity contribution in [2.75, 3.05) is 66.7 Å². The third-order valence-corrected chi connectivity index (χ3v) is 17.1. The molecule has 0 heterocycles. The summed E-state index contributed by atoms with van der Waals surface area (Å²) in [5.41, 5.74) is 0. The van der Waals surface area contributed by atoms with Gasteiger partial charge >= 0.3 is 20.5 Å². The van der Waals surface area contributed by atoms with Crippen LogP contribution in [0.1, 0.15) is 12.8 Å². The predicted molar refractivity (Wildman–Crippen MR) is 157 cm³/mol. The fourth-order valence-electron chi connectivity index (χ4n) is 4.51. The van der Waals surface area contributed by atoms with Crippen molar-refractivity contribution in [2.24, 2.45) is 0 Å². The summed E-state index contributed by atoms with van der Waals surface area (Å²) in [7, 11) is -3.04. The topological polar surface area (TPSA) is 158 Å². The molecule has 0 spiro atoms. The number of hydrogen-bond acceptors (Lipinski definition) is 10. The molecule has 2 unspecified atom stereocenters. The summed E-state index contributed by atoms with van der Waals surface area (Å²) in [4.78, 5) is 24.5. The second-order valence-corrected chi connectivity index (χ2v) is 24.4.